The molecule has 0 N–H and O–H groups in total. The van der Waals surface area contributed by atoms with Crippen molar-refractivity contribution in [1.29, 1.82) is 0 Å². The minimum Gasteiger partial charge on any atom is -0.448 e. The Hall–Kier alpha value is -3.61. The van der Waals surface area contributed by atoms with Crippen molar-refractivity contribution in [1.82, 2.24) is 4.90 Å². The molecule has 0 aromatic heterocycles. The molecule has 2 bridgehead atoms. The van der Waals surface area contributed by atoms with Gasteiger partial charge in [0.25, 0.3) is 0 Å². The number of piperidine rings is 1. The molecule has 3 aromatic carbocycles. The molecule has 1 saturated heterocycles. The predicted octanol–water partition coefficient (Wildman–Crippen LogP) is 7.80. The summed E-state index contributed by atoms with van der Waals surface area (Å²) in [5.41, 5.74) is 4.37. The normalized spacial score (nSPS) is 20.8. The lowest BCUT2D eigenvalue weighted by Gasteiger charge is -2.44. The summed E-state index contributed by atoms with van der Waals surface area (Å²) >= 11 is 0. The molecule has 0 spiro atoms. The SMILES string of the molecule is O=C(OCC1c2ccccc2-c2ccccc21)N1C2C=C(c3ccc(C(F)(F)F)cc3F)CC1CCC2. The Labute approximate surface area is 212 Å². The average Bonchev–Trinajstić information content (AvgIpc) is 3.19. The van der Waals surface area contributed by atoms with E-state index in [1.54, 1.807) is 4.90 Å². The summed E-state index contributed by atoms with van der Waals surface area (Å²) in [4.78, 5) is 15.1. The highest BCUT2D eigenvalue weighted by molar-refractivity contribution is 5.79. The van der Waals surface area contributed by atoms with Gasteiger partial charge in [0, 0.05) is 17.5 Å². The van der Waals surface area contributed by atoms with Crippen molar-refractivity contribution in [2.45, 2.75) is 49.9 Å². The molecule has 3 aromatic rings. The van der Waals surface area contributed by atoms with Crippen LogP contribution in [0.5, 0.6) is 0 Å². The van der Waals surface area contributed by atoms with Gasteiger partial charge in [-0.25, -0.2) is 9.18 Å². The first-order valence-corrected chi connectivity index (χ1v) is 12.5. The third kappa shape index (κ3) is 4.20. The van der Waals surface area contributed by atoms with Crippen molar-refractivity contribution in [3.05, 3.63) is 101 Å². The van der Waals surface area contributed by atoms with E-state index in [1.807, 2.05) is 30.3 Å². The Morgan fingerprint density at radius 3 is 2.22 bits per heavy atom. The molecule has 6 rings (SSSR count). The van der Waals surface area contributed by atoms with Gasteiger partial charge in [-0.1, -0.05) is 60.7 Å². The molecule has 2 heterocycles. The van der Waals surface area contributed by atoms with E-state index in [1.165, 1.54) is 6.07 Å². The Bertz CT molecular complexity index is 1350. The zero-order chi connectivity index (χ0) is 25.7. The van der Waals surface area contributed by atoms with Crippen molar-refractivity contribution in [2.24, 2.45) is 0 Å². The van der Waals surface area contributed by atoms with Crippen LogP contribution in [0.4, 0.5) is 22.4 Å². The number of rotatable bonds is 3. The number of carbonyl (C=O) groups excluding carboxylic acids is 1. The molecule has 1 aliphatic carbocycles. The summed E-state index contributed by atoms with van der Waals surface area (Å²) in [7, 11) is 0. The van der Waals surface area contributed by atoms with Crippen molar-refractivity contribution < 1.29 is 27.1 Å². The van der Waals surface area contributed by atoms with Gasteiger partial charge in [0.05, 0.1) is 11.6 Å². The first kappa shape index (κ1) is 23.8. The van der Waals surface area contributed by atoms with Gasteiger partial charge in [0.2, 0.25) is 0 Å². The van der Waals surface area contributed by atoms with Gasteiger partial charge in [-0.05, 0) is 65.6 Å². The summed E-state index contributed by atoms with van der Waals surface area (Å²) in [5.74, 6) is -0.943. The second kappa shape index (κ2) is 9.05. The van der Waals surface area contributed by atoms with E-state index in [-0.39, 0.29) is 30.2 Å². The third-order valence-corrected chi connectivity index (χ3v) is 7.83. The fourth-order valence-corrected chi connectivity index (χ4v) is 6.13. The van der Waals surface area contributed by atoms with Crippen LogP contribution in [0.25, 0.3) is 16.7 Å². The molecule has 1 amide bonds. The van der Waals surface area contributed by atoms with E-state index in [2.05, 4.69) is 24.3 Å². The number of alkyl halides is 3. The van der Waals surface area contributed by atoms with Gasteiger partial charge in [0.15, 0.2) is 0 Å². The van der Waals surface area contributed by atoms with Crippen LogP contribution >= 0.6 is 0 Å². The molecule has 0 radical (unpaired) electrons. The monoisotopic (exact) mass is 507 g/mol. The van der Waals surface area contributed by atoms with E-state index in [4.69, 9.17) is 4.74 Å². The number of halogens is 4. The van der Waals surface area contributed by atoms with E-state index >= 15 is 0 Å². The lowest BCUT2D eigenvalue weighted by Crippen LogP contribution is -2.52. The fourth-order valence-electron chi connectivity index (χ4n) is 6.13. The number of carbonyl (C=O) groups is 1. The van der Waals surface area contributed by atoms with Crippen LogP contribution in [0.3, 0.4) is 0 Å². The topological polar surface area (TPSA) is 29.5 Å². The Balaban J connectivity index is 1.21. The average molecular weight is 508 g/mol. The smallest absolute Gasteiger partial charge is 0.416 e. The lowest BCUT2D eigenvalue weighted by atomic mass is 9.83. The molecular weight excluding hydrogens is 482 g/mol. The summed E-state index contributed by atoms with van der Waals surface area (Å²) in [6.45, 7) is 0.215. The second-order valence-electron chi connectivity index (χ2n) is 9.95. The Morgan fingerprint density at radius 1 is 0.919 bits per heavy atom. The van der Waals surface area contributed by atoms with Crippen molar-refractivity contribution in [3.63, 3.8) is 0 Å². The number of hydrogen-bond acceptors (Lipinski definition) is 2. The summed E-state index contributed by atoms with van der Waals surface area (Å²) in [5, 5.41) is 0. The highest BCUT2D eigenvalue weighted by atomic mass is 19.4. The van der Waals surface area contributed by atoms with E-state index in [0.717, 1.165) is 41.2 Å². The van der Waals surface area contributed by atoms with Gasteiger partial charge in [-0.3, -0.25) is 4.90 Å². The molecule has 190 valence electrons. The standard InChI is InChI=1S/C30H25F4NO2/c31-28-16-19(30(32,33)34)12-13-22(28)18-14-20-6-5-7-21(15-18)35(20)29(36)37-17-27-25-10-3-1-8-23(25)24-9-2-4-11-26(24)27/h1-4,8-14,16,20-21,27H,5-7,15,17H2. The number of hydrogen-bond donors (Lipinski definition) is 0. The predicted molar refractivity (Wildman–Crippen MR) is 132 cm³/mol. The minimum atomic E-state index is -4.60. The largest absolute Gasteiger partial charge is 0.448 e. The molecule has 2 atom stereocenters. The number of fused-ring (bicyclic) bond motifs is 5. The molecular formula is C30H25F4NO2. The van der Waals surface area contributed by atoms with Gasteiger partial charge in [-0.15, -0.1) is 0 Å². The maximum absolute atomic E-state index is 14.7. The maximum atomic E-state index is 14.7. The van der Waals surface area contributed by atoms with Gasteiger partial charge in [0.1, 0.15) is 12.4 Å². The van der Waals surface area contributed by atoms with Gasteiger partial charge >= 0.3 is 12.3 Å². The molecule has 3 aliphatic rings. The molecule has 1 fully saturated rings. The first-order valence-electron chi connectivity index (χ1n) is 12.5. The van der Waals surface area contributed by atoms with Crippen LogP contribution in [0.2, 0.25) is 0 Å². The highest BCUT2D eigenvalue weighted by Gasteiger charge is 2.40. The number of ether oxygens (including phenoxy) is 1. The van der Waals surface area contributed by atoms with E-state index in [9.17, 15) is 22.4 Å². The Morgan fingerprint density at radius 2 is 1.59 bits per heavy atom. The second-order valence-corrected chi connectivity index (χ2v) is 9.95. The summed E-state index contributed by atoms with van der Waals surface area (Å²) in [6.07, 6.45) is -0.447. The van der Waals surface area contributed by atoms with Crippen LogP contribution < -0.4 is 0 Å². The number of amides is 1. The van der Waals surface area contributed by atoms with Gasteiger partial charge < -0.3 is 4.74 Å². The molecule has 2 aliphatic heterocycles. The number of benzene rings is 3. The zero-order valence-corrected chi connectivity index (χ0v) is 20.0. The highest BCUT2D eigenvalue weighted by Crippen LogP contribution is 2.45. The van der Waals surface area contributed by atoms with Crippen molar-refractivity contribution in [2.75, 3.05) is 6.61 Å². The molecule has 7 heteroatoms. The summed E-state index contributed by atoms with van der Waals surface area (Å²) < 4.78 is 59.5. The van der Waals surface area contributed by atoms with E-state index < -0.39 is 23.7 Å². The van der Waals surface area contributed by atoms with Gasteiger partial charge in [-0.2, -0.15) is 13.2 Å². The van der Waals surface area contributed by atoms with Crippen LogP contribution in [0.15, 0.2) is 72.8 Å². The first-order chi connectivity index (χ1) is 17.8. The van der Waals surface area contributed by atoms with Crippen LogP contribution in [0.1, 0.15) is 53.9 Å². The molecule has 0 saturated carbocycles. The van der Waals surface area contributed by atoms with Crippen LogP contribution in [0, 0.1) is 5.82 Å². The maximum Gasteiger partial charge on any atom is 0.416 e. The molecule has 2 unspecified atom stereocenters. The minimum absolute atomic E-state index is 0.0478. The third-order valence-electron chi connectivity index (χ3n) is 7.83. The van der Waals surface area contributed by atoms with Crippen molar-refractivity contribution >= 4 is 11.7 Å². The quantitative estimate of drug-likeness (QED) is 0.339. The fraction of sp³-hybridized carbons (Fsp3) is 0.300. The van der Waals surface area contributed by atoms with Crippen LogP contribution in [-0.4, -0.2) is 29.7 Å². The Kier molecular flexibility index (Phi) is 5.81. The molecule has 3 nitrogen and oxygen atoms in total. The van der Waals surface area contributed by atoms with Crippen LogP contribution in [-0.2, 0) is 10.9 Å². The zero-order valence-electron chi connectivity index (χ0n) is 20.0. The lowest BCUT2D eigenvalue weighted by molar-refractivity contribution is -0.137. The molecule has 37 heavy (non-hydrogen) atoms. The summed E-state index contributed by atoms with van der Waals surface area (Å²) in [6, 6.07) is 18.5. The van der Waals surface area contributed by atoms with E-state index in [0.29, 0.717) is 24.5 Å². The van der Waals surface area contributed by atoms with Crippen molar-refractivity contribution in [3.8, 4) is 11.1 Å². The number of nitrogens with zero attached hydrogens (tertiary/aromatic N) is 1.